The van der Waals surface area contributed by atoms with E-state index >= 15 is 0 Å². The smallest absolute Gasteiger partial charge is 0.413 e. The van der Waals surface area contributed by atoms with Gasteiger partial charge in [0.15, 0.2) is 0 Å². The quantitative estimate of drug-likeness (QED) is 0.806. The number of hydrogen-bond donors (Lipinski definition) is 1. The Kier molecular flexibility index (Phi) is 3.74. The number of aromatic nitrogens is 2. The minimum absolute atomic E-state index is 0.285. The Labute approximate surface area is 126 Å². The second kappa shape index (κ2) is 5.85. The number of ether oxygens (including phenoxy) is 1. The fourth-order valence-corrected chi connectivity index (χ4v) is 2.25. The molecule has 1 N–H and O–H groups in total. The van der Waals surface area contributed by atoms with Crippen LogP contribution in [0, 0.1) is 5.82 Å². The number of carbonyl (C=O) groups excluding carboxylic acids is 1. The second-order valence-electron chi connectivity index (χ2n) is 4.75. The van der Waals surface area contributed by atoms with Crippen LogP contribution in [0.2, 0.25) is 0 Å². The monoisotopic (exact) mass is 299 g/mol. The highest BCUT2D eigenvalue weighted by Gasteiger charge is 2.13. The van der Waals surface area contributed by atoms with Gasteiger partial charge >= 0.3 is 6.09 Å². The molecule has 0 aliphatic heterocycles. The SMILES string of the molecule is COC(=O)Nc1nc2ccccc2n1Cc1ccc(F)cc1. The van der Waals surface area contributed by atoms with E-state index in [1.54, 1.807) is 12.1 Å². The fraction of sp³-hybridized carbons (Fsp3) is 0.125. The number of anilines is 1. The van der Waals surface area contributed by atoms with Gasteiger partial charge in [0, 0.05) is 0 Å². The number of methoxy groups -OCH3 is 1. The Morgan fingerprint density at radius 3 is 2.68 bits per heavy atom. The van der Waals surface area contributed by atoms with Gasteiger partial charge in [-0.15, -0.1) is 0 Å². The highest BCUT2D eigenvalue weighted by Crippen LogP contribution is 2.21. The van der Waals surface area contributed by atoms with Gasteiger partial charge in [0.1, 0.15) is 5.82 Å². The summed E-state index contributed by atoms with van der Waals surface area (Å²) in [5.74, 6) is 0.101. The summed E-state index contributed by atoms with van der Waals surface area (Å²) in [6, 6.07) is 13.8. The van der Waals surface area contributed by atoms with Gasteiger partial charge in [-0.2, -0.15) is 0 Å². The molecule has 0 radical (unpaired) electrons. The maximum Gasteiger partial charge on any atom is 0.413 e. The number of nitrogens with zero attached hydrogens (tertiary/aromatic N) is 2. The molecule has 1 aromatic heterocycles. The standard InChI is InChI=1S/C16H14FN3O2/c1-22-16(21)19-15-18-13-4-2-3-5-14(13)20(15)10-11-6-8-12(17)9-7-11/h2-9H,10H2,1H3,(H,18,19,21). The second-order valence-corrected chi connectivity index (χ2v) is 4.75. The molecule has 0 aliphatic rings. The molecular formula is C16H14FN3O2. The third-order valence-corrected chi connectivity index (χ3v) is 3.31. The Morgan fingerprint density at radius 2 is 1.95 bits per heavy atom. The molecular weight excluding hydrogens is 285 g/mol. The first-order valence-corrected chi connectivity index (χ1v) is 6.72. The average Bonchev–Trinajstić information content (AvgIpc) is 2.87. The maximum absolute atomic E-state index is 13.0. The zero-order chi connectivity index (χ0) is 15.5. The van der Waals surface area contributed by atoms with E-state index in [0.29, 0.717) is 12.5 Å². The molecule has 0 aliphatic carbocycles. The number of halogens is 1. The van der Waals surface area contributed by atoms with Crippen molar-refractivity contribution < 1.29 is 13.9 Å². The predicted octanol–water partition coefficient (Wildman–Crippen LogP) is 3.40. The molecule has 0 unspecified atom stereocenters. The molecule has 3 aromatic rings. The van der Waals surface area contributed by atoms with Crippen molar-refractivity contribution in [1.29, 1.82) is 0 Å². The summed E-state index contributed by atoms with van der Waals surface area (Å²) < 4.78 is 19.5. The summed E-state index contributed by atoms with van der Waals surface area (Å²) in [5, 5.41) is 2.60. The van der Waals surface area contributed by atoms with Crippen molar-refractivity contribution in [2.45, 2.75) is 6.54 Å². The number of para-hydroxylation sites is 2. The Balaban J connectivity index is 2.03. The van der Waals surface area contributed by atoms with E-state index in [2.05, 4.69) is 15.0 Å². The third kappa shape index (κ3) is 2.76. The summed E-state index contributed by atoms with van der Waals surface area (Å²) in [7, 11) is 1.29. The first kappa shape index (κ1) is 14.1. The number of rotatable bonds is 3. The molecule has 1 heterocycles. The summed E-state index contributed by atoms with van der Waals surface area (Å²) in [6.45, 7) is 0.458. The van der Waals surface area contributed by atoms with Crippen LogP contribution < -0.4 is 5.32 Å². The van der Waals surface area contributed by atoms with E-state index in [-0.39, 0.29) is 5.82 Å². The molecule has 0 bridgehead atoms. The number of nitrogens with one attached hydrogen (secondary N) is 1. The first-order chi connectivity index (χ1) is 10.7. The van der Waals surface area contributed by atoms with Crippen LogP contribution >= 0.6 is 0 Å². The van der Waals surface area contributed by atoms with Crippen molar-refractivity contribution in [3.8, 4) is 0 Å². The van der Waals surface area contributed by atoms with Crippen LogP contribution in [0.4, 0.5) is 15.1 Å². The highest BCUT2D eigenvalue weighted by molar-refractivity contribution is 5.86. The van der Waals surface area contributed by atoms with Gasteiger partial charge in [-0.1, -0.05) is 24.3 Å². The number of imidazole rings is 1. The molecule has 5 nitrogen and oxygen atoms in total. The molecule has 0 spiro atoms. The largest absolute Gasteiger partial charge is 0.453 e. The molecule has 0 saturated heterocycles. The topological polar surface area (TPSA) is 56.1 Å². The summed E-state index contributed by atoms with van der Waals surface area (Å²) in [5.41, 5.74) is 2.53. The van der Waals surface area contributed by atoms with Crippen LogP contribution in [-0.2, 0) is 11.3 Å². The molecule has 2 aromatic carbocycles. The number of carbonyl (C=O) groups is 1. The Morgan fingerprint density at radius 1 is 1.23 bits per heavy atom. The van der Waals surface area contributed by atoms with Crippen molar-refractivity contribution in [2.75, 3.05) is 12.4 Å². The molecule has 112 valence electrons. The Bertz CT molecular complexity index is 812. The highest BCUT2D eigenvalue weighted by atomic mass is 19.1. The summed E-state index contributed by atoms with van der Waals surface area (Å²) in [6.07, 6.45) is -0.587. The molecule has 6 heteroatoms. The molecule has 22 heavy (non-hydrogen) atoms. The molecule has 0 fully saturated rings. The minimum atomic E-state index is -0.587. The van der Waals surface area contributed by atoms with Crippen molar-refractivity contribution in [2.24, 2.45) is 0 Å². The average molecular weight is 299 g/mol. The van der Waals surface area contributed by atoms with Gasteiger partial charge in [-0.3, -0.25) is 5.32 Å². The summed E-state index contributed by atoms with van der Waals surface area (Å²) in [4.78, 5) is 15.9. The zero-order valence-electron chi connectivity index (χ0n) is 11.9. The van der Waals surface area contributed by atoms with Crippen LogP contribution in [0.3, 0.4) is 0 Å². The van der Waals surface area contributed by atoms with Gasteiger partial charge in [0.2, 0.25) is 5.95 Å². The predicted molar refractivity (Wildman–Crippen MR) is 81.3 cm³/mol. The van der Waals surface area contributed by atoms with E-state index in [1.807, 2.05) is 28.8 Å². The summed E-state index contributed by atoms with van der Waals surface area (Å²) >= 11 is 0. The van der Waals surface area contributed by atoms with Crippen molar-refractivity contribution in [3.05, 3.63) is 59.9 Å². The van der Waals surface area contributed by atoms with Gasteiger partial charge < -0.3 is 9.30 Å². The Hall–Kier alpha value is -2.89. The van der Waals surface area contributed by atoms with E-state index < -0.39 is 6.09 Å². The molecule has 1 amide bonds. The number of hydrogen-bond acceptors (Lipinski definition) is 3. The third-order valence-electron chi connectivity index (χ3n) is 3.31. The van der Waals surface area contributed by atoms with E-state index in [9.17, 15) is 9.18 Å². The van der Waals surface area contributed by atoms with E-state index in [1.165, 1.54) is 19.2 Å². The lowest BCUT2D eigenvalue weighted by atomic mass is 10.2. The van der Waals surface area contributed by atoms with E-state index in [4.69, 9.17) is 0 Å². The molecule has 3 rings (SSSR count). The van der Waals surface area contributed by atoms with Crippen LogP contribution in [0.15, 0.2) is 48.5 Å². The number of fused-ring (bicyclic) bond motifs is 1. The molecule has 0 saturated carbocycles. The minimum Gasteiger partial charge on any atom is -0.453 e. The van der Waals surface area contributed by atoms with Crippen LogP contribution in [0.1, 0.15) is 5.56 Å². The first-order valence-electron chi connectivity index (χ1n) is 6.72. The van der Waals surface area contributed by atoms with Gasteiger partial charge in [-0.25, -0.2) is 14.2 Å². The van der Waals surface area contributed by atoms with Crippen molar-refractivity contribution in [1.82, 2.24) is 9.55 Å². The fourth-order valence-electron chi connectivity index (χ4n) is 2.25. The normalized spacial score (nSPS) is 10.6. The lowest BCUT2D eigenvalue weighted by molar-refractivity contribution is 0.186. The number of benzene rings is 2. The van der Waals surface area contributed by atoms with Crippen LogP contribution in [0.5, 0.6) is 0 Å². The van der Waals surface area contributed by atoms with Gasteiger partial charge in [0.25, 0.3) is 0 Å². The number of amides is 1. The van der Waals surface area contributed by atoms with Crippen LogP contribution in [-0.4, -0.2) is 22.8 Å². The molecule has 0 atom stereocenters. The van der Waals surface area contributed by atoms with Crippen LogP contribution in [0.25, 0.3) is 11.0 Å². The van der Waals surface area contributed by atoms with E-state index in [0.717, 1.165) is 16.6 Å². The van der Waals surface area contributed by atoms with Crippen molar-refractivity contribution >= 4 is 23.1 Å². The van der Waals surface area contributed by atoms with Gasteiger partial charge in [0.05, 0.1) is 24.7 Å². The van der Waals surface area contributed by atoms with Crippen molar-refractivity contribution in [3.63, 3.8) is 0 Å². The van der Waals surface area contributed by atoms with Gasteiger partial charge in [-0.05, 0) is 29.8 Å². The lowest BCUT2D eigenvalue weighted by Gasteiger charge is -2.09. The lowest BCUT2D eigenvalue weighted by Crippen LogP contribution is -2.15. The zero-order valence-corrected chi connectivity index (χ0v) is 11.9. The maximum atomic E-state index is 13.0.